The monoisotopic (exact) mass is 300 g/mol. The number of hydrogen-bond acceptors (Lipinski definition) is 4. The number of hydrogen-bond donors (Lipinski definition) is 1. The van der Waals surface area contributed by atoms with Crippen LogP contribution in [0.15, 0.2) is 6.20 Å². The fourth-order valence-corrected chi connectivity index (χ4v) is 2.52. The molecule has 0 saturated carbocycles. The third-order valence-electron chi connectivity index (χ3n) is 2.18. The summed E-state index contributed by atoms with van der Waals surface area (Å²) in [5.41, 5.74) is -2.00. The smallest absolute Gasteiger partial charge is 0.324 e. The Bertz CT molecular complexity index is 526. The normalized spacial score (nSPS) is 15.3. The first kappa shape index (κ1) is 15.9. The maximum atomic E-state index is 12.7. The fourth-order valence-electron chi connectivity index (χ4n) is 1.49. The highest BCUT2D eigenvalue weighted by atomic mass is 31.2. The standard InChI is InChI=1S/C9H12F3N2O4P/c1-3-18-19(16,17)5-7(15)6-4-13-14(2)8(6)9(10,11)12/h4H,3,5H2,1-2H3,(H,16,17). The molecule has 108 valence electrons. The highest BCUT2D eigenvalue weighted by molar-refractivity contribution is 7.53. The van der Waals surface area contributed by atoms with Gasteiger partial charge in [-0.05, 0) is 6.92 Å². The van der Waals surface area contributed by atoms with Gasteiger partial charge in [-0.15, -0.1) is 0 Å². The summed E-state index contributed by atoms with van der Waals surface area (Å²) in [6, 6.07) is 0. The van der Waals surface area contributed by atoms with Crippen LogP contribution in [0.3, 0.4) is 0 Å². The number of nitrogens with zero attached hydrogens (tertiary/aromatic N) is 2. The molecular formula is C9H12F3N2O4P. The number of ketones is 1. The van der Waals surface area contributed by atoms with Crippen molar-refractivity contribution >= 4 is 13.4 Å². The molecule has 1 N–H and O–H groups in total. The average Bonchev–Trinajstić information content (AvgIpc) is 2.58. The van der Waals surface area contributed by atoms with Crippen LogP contribution in [0.1, 0.15) is 23.0 Å². The van der Waals surface area contributed by atoms with E-state index in [2.05, 4.69) is 9.62 Å². The predicted octanol–water partition coefficient (Wildman–Crippen LogP) is 1.84. The van der Waals surface area contributed by atoms with Crippen molar-refractivity contribution in [2.24, 2.45) is 7.05 Å². The van der Waals surface area contributed by atoms with Crippen LogP contribution < -0.4 is 0 Å². The summed E-state index contributed by atoms with van der Waals surface area (Å²) in [6.07, 6.45) is -5.08. The third kappa shape index (κ3) is 3.89. The minimum atomic E-state index is -4.78. The Morgan fingerprint density at radius 1 is 1.58 bits per heavy atom. The summed E-state index contributed by atoms with van der Waals surface area (Å²) in [7, 11) is -3.20. The number of carbonyl (C=O) groups is 1. The van der Waals surface area contributed by atoms with Gasteiger partial charge in [0.25, 0.3) is 0 Å². The van der Waals surface area contributed by atoms with Crippen molar-refractivity contribution in [2.45, 2.75) is 13.1 Å². The number of aromatic nitrogens is 2. The lowest BCUT2D eigenvalue weighted by molar-refractivity contribution is -0.144. The lowest BCUT2D eigenvalue weighted by atomic mass is 10.2. The molecule has 1 atom stereocenters. The second-order valence-corrected chi connectivity index (χ2v) is 5.51. The summed E-state index contributed by atoms with van der Waals surface area (Å²) >= 11 is 0. The number of carbonyl (C=O) groups excluding carboxylic acids is 1. The molecule has 0 saturated heterocycles. The first-order valence-electron chi connectivity index (χ1n) is 5.17. The van der Waals surface area contributed by atoms with Gasteiger partial charge in [-0.3, -0.25) is 14.0 Å². The molecule has 0 aliphatic heterocycles. The van der Waals surface area contributed by atoms with E-state index in [-0.39, 0.29) is 6.61 Å². The zero-order valence-corrected chi connectivity index (χ0v) is 11.0. The van der Waals surface area contributed by atoms with Crippen LogP contribution in [0.5, 0.6) is 0 Å². The molecule has 0 aliphatic rings. The van der Waals surface area contributed by atoms with Gasteiger partial charge in [-0.25, -0.2) is 0 Å². The van der Waals surface area contributed by atoms with E-state index in [9.17, 15) is 27.4 Å². The molecule has 6 nitrogen and oxygen atoms in total. The van der Waals surface area contributed by atoms with Crippen molar-refractivity contribution in [3.05, 3.63) is 17.5 Å². The van der Waals surface area contributed by atoms with Crippen molar-refractivity contribution < 1.29 is 31.9 Å². The predicted molar refractivity (Wildman–Crippen MR) is 58.9 cm³/mol. The van der Waals surface area contributed by atoms with Gasteiger partial charge in [0.15, 0.2) is 11.5 Å². The number of halogens is 3. The van der Waals surface area contributed by atoms with Gasteiger partial charge in [-0.2, -0.15) is 18.3 Å². The molecule has 1 unspecified atom stereocenters. The second kappa shape index (κ2) is 5.44. The Balaban J connectivity index is 3.06. The van der Waals surface area contributed by atoms with E-state index in [0.717, 1.165) is 13.2 Å². The highest BCUT2D eigenvalue weighted by Crippen LogP contribution is 2.43. The van der Waals surface area contributed by atoms with Crippen molar-refractivity contribution in [1.82, 2.24) is 9.78 Å². The molecule has 10 heteroatoms. The van der Waals surface area contributed by atoms with Gasteiger partial charge in [0.2, 0.25) is 0 Å². The van der Waals surface area contributed by atoms with E-state index in [0.29, 0.717) is 4.68 Å². The van der Waals surface area contributed by atoms with Gasteiger partial charge in [0.05, 0.1) is 18.4 Å². The minimum Gasteiger partial charge on any atom is -0.324 e. The first-order valence-corrected chi connectivity index (χ1v) is 6.93. The molecule has 0 fully saturated rings. The van der Waals surface area contributed by atoms with E-state index in [1.165, 1.54) is 6.92 Å². The van der Waals surface area contributed by atoms with E-state index in [4.69, 9.17) is 0 Å². The van der Waals surface area contributed by atoms with Crippen LogP contribution in [-0.2, 0) is 22.3 Å². The van der Waals surface area contributed by atoms with Crippen LogP contribution >= 0.6 is 7.60 Å². The number of rotatable bonds is 5. The van der Waals surface area contributed by atoms with Crippen molar-refractivity contribution in [1.29, 1.82) is 0 Å². The van der Waals surface area contributed by atoms with Crippen LogP contribution in [0.4, 0.5) is 13.2 Å². The average molecular weight is 300 g/mol. The molecule has 1 rings (SSSR count). The maximum Gasteiger partial charge on any atom is 0.433 e. The Morgan fingerprint density at radius 2 is 2.16 bits per heavy atom. The van der Waals surface area contributed by atoms with Crippen molar-refractivity contribution in [3.63, 3.8) is 0 Å². The Hall–Kier alpha value is -1.18. The molecule has 1 heterocycles. The Labute approximate surface area is 106 Å². The molecular weight excluding hydrogens is 288 g/mol. The molecule has 1 aromatic heterocycles. The minimum absolute atomic E-state index is 0.125. The second-order valence-electron chi connectivity index (χ2n) is 3.66. The topological polar surface area (TPSA) is 81.4 Å². The molecule has 0 spiro atoms. The van der Waals surface area contributed by atoms with Gasteiger partial charge < -0.3 is 9.42 Å². The summed E-state index contributed by atoms with van der Waals surface area (Å²) in [4.78, 5) is 20.9. The molecule has 1 aromatic rings. The molecule has 0 bridgehead atoms. The van der Waals surface area contributed by atoms with E-state index < -0.39 is 37.0 Å². The quantitative estimate of drug-likeness (QED) is 0.663. The van der Waals surface area contributed by atoms with Crippen LogP contribution in [-0.4, -0.2) is 33.2 Å². The number of Topliss-reactive ketones (excluding diaryl/α,β-unsaturated/α-hetero) is 1. The Kier molecular flexibility index (Phi) is 4.54. The zero-order chi connectivity index (χ0) is 14.8. The van der Waals surface area contributed by atoms with Gasteiger partial charge in [-0.1, -0.05) is 0 Å². The summed E-state index contributed by atoms with van der Waals surface area (Å²) in [6.45, 7) is 1.30. The molecule has 0 aliphatic carbocycles. The third-order valence-corrected chi connectivity index (χ3v) is 3.53. The largest absolute Gasteiger partial charge is 0.433 e. The van der Waals surface area contributed by atoms with E-state index in [1.807, 2.05) is 0 Å². The van der Waals surface area contributed by atoms with Crippen LogP contribution in [0, 0.1) is 0 Å². The summed E-state index contributed by atoms with van der Waals surface area (Å²) in [5, 5.41) is 3.34. The summed E-state index contributed by atoms with van der Waals surface area (Å²) < 4.78 is 54.4. The fraction of sp³-hybridized carbons (Fsp3) is 0.556. The lowest BCUT2D eigenvalue weighted by Crippen LogP contribution is -2.18. The van der Waals surface area contributed by atoms with Gasteiger partial charge >= 0.3 is 13.8 Å². The summed E-state index contributed by atoms with van der Waals surface area (Å²) in [5.74, 6) is -1.14. The van der Waals surface area contributed by atoms with Crippen molar-refractivity contribution in [3.8, 4) is 0 Å². The molecule has 0 amide bonds. The Morgan fingerprint density at radius 3 is 2.63 bits per heavy atom. The van der Waals surface area contributed by atoms with Crippen LogP contribution in [0.2, 0.25) is 0 Å². The van der Waals surface area contributed by atoms with Gasteiger partial charge in [0, 0.05) is 7.05 Å². The maximum absolute atomic E-state index is 12.7. The van der Waals surface area contributed by atoms with Gasteiger partial charge in [0.1, 0.15) is 6.16 Å². The highest BCUT2D eigenvalue weighted by Gasteiger charge is 2.40. The number of alkyl halides is 3. The lowest BCUT2D eigenvalue weighted by Gasteiger charge is -2.11. The first-order chi connectivity index (χ1) is 8.58. The van der Waals surface area contributed by atoms with E-state index >= 15 is 0 Å². The van der Waals surface area contributed by atoms with Crippen LogP contribution in [0.25, 0.3) is 0 Å². The van der Waals surface area contributed by atoms with Crippen molar-refractivity contribution in [2.75, 3.05) is 12.8 Å². The zero-order valence-electron chi connectivity index (χ0n) is 10.1. The SMILES string of the molecule is CCOP(=O)(O)CC(=O)c1cnn(C)c1C(F)(F)F. The molecule has 19 heavy (non-hydrogen) atoms. The number of aryl methyl sites for hydroxylation is 1. The van der Waals surface area contributed by atoms with E-state index in [1.54, 1.807) is 0 Å². The molecule has 0 radical (unpaired) electrons. The molecule has 0 aromatic carbocycles.